The number of aromatic nitrogens is 2. The van der Waals surface area contributed by atoms with Gasteiger partial charge in [-0.1, -0.05) is 0 Å². The van der Waals surface area contributed by atoms with Gasteiger partial charge in [-0.05, 0) is 35.3 Å². The molecule has 1 atom stereocenters. The SMILES string of the molecule is Cn1ncc(Br)c1CC1CCCN1. The minimum absolute atomic E-state index is 0.645. The first-order chi connectivity index (χ1) is 6.27. The highest BCUT2D eigenvalue weighted by molar-refractivity contribution is 9.10. The maximum absolute atomic E-state index is 4.20. The van der Waals surface area contributed by atoms with Crippen molar-refractivity contribution in [2.24, 2.45) is 7.05 Å². The molecule has 1 N–H and O–H groups in total. The summed E-state index contributed by atoms with van der Waals surface area (Å²) in [6.45, 7) is 1.17. The Morgan fingerprint density at radius 2 is 2.62 bits per heavy atom. The minimum atomic E-state index is 0.645. The number of rotatable bonds is 2. The largest absolute Gasteiger partial charge is 0.314 e. The summed E-state index contributed by atoms with van der Waals surface area (Å²) >= 11 is 3.51. The lowest BCUT2D eigenvalue weighted by molar-refractivity contribution is 0.569. The van der Waals surface area contributed by atoms with Crippen LogP contribution in [0.2, 0.25) is 0 Å². The quantitative estimate of drug-likeness (QED) is 0.853. The molecule has 1 aromatic rings. The average molecular weight is 244 g/mol. The molecule has 0 bridgehead atoms. The molecule has 13 heavy (non-hydrogen) atoms. The molecular formula is C9H14BrN3. The van der Waals surface area contributed by atoms with Gasteiger partial charge in [-0.25, -0.2) is 0 Å². The highest BCUT2D eigenvalue weighted by Crippen LogP contribution is 2.19. The predicted octanol–water partition coefficient (Wildman–Crippen LogP) is 1.48. The Labute approximate surface area is 86.6 Å². The van der Waals surface area contributed by atoms with Crippen LogP contribution in [0, 0.1) is 0 Å². The molecule has 72 valence electrons. The van der Waals surface area contributed by atoms with Crippen LogP contribution in [0.5, 0.6) is 0 Å². The number of hydrogen-bond donors (Lipinski definition) is 1. The van der Waals surface area contributed by atoms with Crippen molar-refractivity contribution in [2.45, 2.75) is 25.3 Å². The maximum Gasteiger partial charge on any atom is 0.0635 e. The lowest BCUT2D eigenvalue weighted by Gasteiger charge is -2.10. The molecule has 2 heterocycles. The van der Waals surface area contributed by atoms with Gasteiger partial charge in [0.25, 0.3) is 0 Å². The normalized spacial score (nSPS) is 22.5. The van der Waals surface area contributed by atoms with Crippen LogP contribution < -0.4 is 5.32 Å². The maximum atomic E-state index is 4.20. The minimum Gasteiger partial charge on any atom is -0.314 e. The summed E-state index contributed by atoms with van der Waals surface area (Å²) in [6.07, 6.45) is 5.54. The van der Waals surface area contributed by atoms with Crippen LogP contribution in [0.1, 0.15) is 18.5 Å². The summed E-state index contributed by atoms with van der Waals surface area (Å²) in [5, 5.41) is 7.69. The van der Waals surface area contributed by atoms with Crippen LogP contribution in [0.25, 0.3) is 0 Å². The summed E-state index contributed by atoms with van der Waals surface area (Å²) in [6, 6.07) is 0.645. The van der Waals surface area contributed by atoms with E-state index in [4.69, 9.17) is 0 Å². The van der Waals surface area contributed by atoms with Gasteiger partial charge >= 0.3 is 0 Å². The van der Waals surface area contributed by atoms with Crippen molar-refractivity contribution in [2.75, 3.05) is 6.54 Å². The van der Waals surface area contributed by atoms with Crippen molar-refractivity contribution >= 4 is 15.9 Å². The number of aryl methyl sites for hydroxylation is 1. The first kappa shape index (κ1) is 9.21. The van der Waals surface area contributed by atoms with Crippen LogP contribution >= 0.6 is 15.9 Å². The third-order valence-electron chi connectivity index (χ3n) is 2.61. The van der Waals surface area contributed by atoms with Gasteiger partial charge < -0.3 is 5.32 Å². The van der Waals surface area contributed by atoms with Gasteiger partial charge in [0.1, 0.15) is 0 Å². The smallest absolute Gasteiger partial charge is 0.0635 e. The van der Waals surface area contributed by atoms with Crippen molar-refractivity contribution < 1.29 is 0 Å². The molecule has 1 fully saturated rings. The molecule has 0 radical (unpaired) electrons. The number of hydrogen-bond acceptors (Lipinski definition) is 2. The molecule has 4 heteroatoms. The van der Waals surface area contributed by atoms with Crippen molar-refractivity contribution in [3.05, 3.63) is 16.4 Å². The zero-order chi connectivity index (χ0) is 9.26. The molecule has 1 aromatic heterocycles. The Morgan fingerprint density at radius 3 is 3.15 bits per heavy atom. The molecule has 0 saturated carbocycles. The third-order valence-corrected chi connectivity index (χ3v) is 3.28. The van der Waals surface area contributed by atoms with E-state index in [9.17, 15) is 0 Å². The van der Waals surface area contributed by atoms with Gasteiger partial charge in [0, 0.05) is 19.5 Å². The number of nitrogens with zero attached hydrogens (tertiary/aromatic N) is 2. The topological polar surface area (TPSA) is 29.9 Å². The molecule has 0 amide bonds. The zero-order valence-corrected chi connectivity index (χ0v) is 9.34. The third kappa shape index (κ3) is 1.94. The van der Waals surface area contributed by atoms with Crippen LogP contribution in [-0.4, -0.2) is 22.4 Å². The average Bonchev–Trinajstić information content (AvgIpc) is 2.70. The van der Waals surface area contributed by atoms with E-state index in [1.54, 1.807) is 0 Å². The monoisotopic (exact) mass is 243 g/mol. The molecule has 1 aliphatic rings. The van der Waals surface area contributed by atoms with Gasteiger partial charge in [-0.2, -0.15) is 5.10 Å². The van der Waals surface area contributed by atoms with Gasteiger partial charge in [-0.15, -0.1) is 0 Å². The fraction of sp³-hybridized carbons (Fsp3) is 0.667. The van der Waals surface area contributed by atoms with E-state index in [1.165, 1.54) is 25.1 Å². The highest BCUT2D eigenvalue weighted by atomic mass is 79.9. The van der Waals surface area contributed by atoms with Gasteiger partial charge in [-0.3, -0.25) is 4.68 Å². The molecule has 0 aliphatic carbocycles. The second kappa shape index (κ2) is 3.80. The van der Waals surface area contributed by atoms with Crippen molar-refractivity contribution in [1.29, 1.82) is 0 Å². The van der Waals surface area contributed by atoms with Crippen LogP contribution in [-0.2, 0) is 13.5 Å². The summed E-state index contributed by atoms with van der Waals surface area (Å²) in [4.78, 5) is 0. The fourth-order valence-electron chi connectivity index (χ4n) is 1.83. The Hall–Kier alpha value is -0.350. The van der Waals surface area contributed by atoms with E-state index in [-0.39, 0.29) is 0 Å². The van der Waals surface area contributed by atoms with E-state index in [1.807, 2.05) is 17.9 Å². The summed E-state index contributed by atoms with van der Waals surface area (Å²) < 4.78 is 3.08. The highest BCUT2D eigenvalue weighted by Gasteiger charge is 2.17. The molecule has 3 nitrogen and oxygen atoms in total. The Morgan fingerprint density at radius 1 is 1.77 bits per heavy atom. The molecule has 1 saturated heterocycles. The van der Waals surface area contributed by atoms with E-state index in [2.05, 4.69) is 26.3 Å². The molecule has 0 aromatic carbocycles. The second-order valence-corrected chi connectivity index (χ2v) is 4.41. The lowest BCUT2D eigenvalue weighted by atomic mass is 10.1. The van der Waals surface area contributed by atoms with Gasteiger partial charge in [0.2, 0.25) is 0 Å². The van der Waals surface area contributed by atoms with Crippen molar-refractivity contribution in [3.63, 3.8) is 0 Å². The number of nitrogens with one attached hydrogen (secondary N) is 1. The Kier molecular flexibility index (Phi) is 2.69. The summed E-state index contributed by atoms with van der Waals surface area (Å²) in [7, 11) is 2.00. The first-order valence-corrected chi connectivity index (χ1v) is 5.46. The summed E-state index contributed by atoms with van der Waals surface area (Å²) in [5.74, 6) is 0. The van der Waals surface area contributed by atoms with Crippen LogP contribution in [0.3, 0.4) is 0 Å². The molecule has 0 spiro atoms. The van der Waals surface area contributed by atoms with Crippen LogP contribution in [0.15, 0.2) is 10.7 Å². The fourth-order valence-corrected chi connectivity index (χ4v) is 2.34. The zero-order valence-electron chi connectivity index (χ0n) is 7.76. The van der Waals surface area contributed by atoms with Crippen LogP contribution in [0.4, 0.5) is 0 Å². The summed E-state index contributed by atoms with van der Waals surface area (Å²) in [5.41, 5.74) is 1.29. The molecule has 1 aliphatic heterocycles. The van der Waals surface area contributed by atoms with E-state index in [0.717, 1.165) is 10.9 Å². The Balaban J connectivity index is 2.07. The van der Waals surface area contributed by atoms with E-state index in [0.29, 0.717) is 6.04 Å². The molecular weight excluding hydrogens is 230 g/mol. The molecule has 2 rings (SSSR count). The van der Waals surface area contributed by atoms with Gasteiger partial charge in [0.05, 0.1) is 16.4 Å². The number of halogens is 1. The van der Waals surface area contributed by atoms with Crippen molar-refractivity contribution in [1.82, 2.24) is 15.1 Å². The lowest BCUT2D eigenvalue weighted by Crippen LogP contribution is -2.24. The Bertz CT molecular complexity index is 270. The predicted molar refractivity (Wildman–Crippen MR) is 55.6 cm³/mol. The first-order valence-electron chi connectivity index (χ1n) is 4.67. The standard InChI is InChI=1S/C9H14BrN3/c1-13-9(8(10)6-12-13)5-7-3-2-4-11-7/h6-7,11H,2-5H2,1H3. The second-order valence-electron chi connectivity index (χ2n) is 3.56. The molecule has 1 unspecified atom stereocenters. The van der Waals surface area contributed by atoms with Crippen molar-refractivity contribution in [3.8, 4) is 0 Å². The van der Waals surface area contributed by atoms with E-state index < -0.39 is 0 Å². The van der Waals surface area contributed by atoms with Gasteiger partial charge in [0.15, 0.2) is 0 Å². The van der Waals surface area contributed by atoms with E-state index >= 15 is 0 Å².